The molecule has 2 nitrogen and oxygen atoms in total. The van der Waals surface area contributed by atoms with Crippen molar-refractivity contribution in [1.82, 2.24) is 4.98 Å². The molecule has 0 aliphatic heterocycles. The monoisotopic (exact) mass is 262 g/mol. The van der Waals surface area contributed by atoms with Gasteiger partial charge < -0.3 is 5.73 Å². The molecule has 94 valence electrons. The van der Waals surface area contributed by atoms with Gasteiger partial charge in [0.25, 0.3) is 0 Å². The van der Waals surface area contributed by atoms with E-state index in [1.54, 1.807) is 23.5 Å². The topological polar surface area (TPSA) is 38.9 Å². The molecule has 0 radical (unpaired) electrons. The van der Waals surface area contributed by atoms with Crippen LogP contribution in [0.3, 0.4) is 0 Å². The van der Waals surface area contributed by atoms with Crippen molar-refractivity contribution in [3.63, 3.8) is 0 Å². The summed E-state index contributed by atoms with van der Waals surface area (Å²) in [7, 11) is 0. The number of benzene rings is 1. The standard InChI is InChI=1S/C14H15FN2S/c1-8-13(10-6-12(16)7-10)18-14(17-8)9-2-4-11(15)5-3-9/h2-5,10,12H,6-7,16H2,1H3. The van der Waals surface area contributed by atoms with E-state index in [1.165, 1.54) is 17.0 Å². The van der Waals surface area contributed by atoms with Crippen LogP contribution in [-0.2, 0) is 0 Å². The molecule has 1 aromatic carbocycles. The number of halogens is 1. The highest BCUT2D eigenvalue weighted by Gasteiger charge is 2.30. The van der Waals surface area contributed by atoms with Gasteiger partial charge in [0, 0.05) is 16.5 Å². The number of thiazole rings is 1. The third-order valence-corrected chi connectivity index (χ3v) is 4.84. The van der Waals surface area contributed by atoms with Gasteiger partial charge >= 0.3 is 0 Å². The molecule has 0 bridgehead atoms. The second-order valence-electron chi connectivity index (χ2n) is 4.90. The molecule has 18 heavy (non-hydrogen) atoms. The molecular weight excluding hydrogens is 247 g/mol. The van der Waals surface area contributed by atoms with Crippen molar-refractivity contribution >= 4 is 11.3 Å². The van der Waals surface area contributed by atoms with Gasteiger partial charge in [-0.05, 0) is 49.9 Å². The summed E-state index contributed by atoms with van der Waals surface area (Å²) in [6.07, 6.45) is 2.12. The zero-order valence-corrected chi connectivity index (χ0v) is 11.0. The summed E-state index contributed by atoms with van der Waals surface area (Å²) < 4.78 is 12.9. The van der Waals surface area contributed by atoms with Crippen molar-refractivity contribution in [2.24, 2.45) is 5.73 Å². The Labute approximate surface area is 110 Å². The van der Waals surface area contributed by atoms with Gasteiger partial charge in [-0.15, -0.1) is 11.3 Å². The van der Waals surface area contributed by atoms with Crippen LogP contribution in [0.4, 0.5) is 4.39 Å². The van der Waals surface area contributed by atoms with Crippen LogP contribution in [0.15, 0.2) is 24.3 Å². The first-order chi connectivity index (χ1) is 8.63. The van der Waals surface area contributed by atoms with Gasteiger partial charge in [0.05, 0.1) is 5.69 Å². The van der Waals surface area contributed by atoms with Crippen molar-refractivity contribution in [2.45, 2.75) is 31.7 Å². The minimum absolute atomic E-state index is 0.211. The van der Waals surface area contributed by atoms with E-state index in [0.717, 1.165) is 29.1 Å². The quantitative estimate of drug-likeness (QED) is 0.900. The fourth-order valence-electron chi connectivity index (χ4n) is 2.38. The van der Waals surface area contributed by atoms with Gasteiger partial charge in [0.1, 0.15) is 10.8 Å². The number of rotatable bonds is 2. The molecule has 1 aliphatic rings. The van der Waals surface area contributed by atoms with E-state index in [9.17, 15) is 4.39 Å². The van der Waals surface area contributed by atoms with Crippen molar-refractivity contribution in [3.05, 3.63) is 40.7 Å². The lowest BCUT2D eigenvalue weighted by Gasteiger charge is -2.31. The molecule has 0 saturated heterocycles. The number of hydrogen-bond donors (Lipinski definition) is 1. The predicted octanol–water partition coefficient (Wildman–Crippen LogP) is 3.46. The Hall–Kier alpha value is -1.26. The molecule has 1 heterocycles. The minimum atomic E-state index is -0.211. The summed E-state index contributed by atoms with van der Waals surface area (Å²) in [4.78, 5) is 5.94. The van der Waals surface area contributed by atoms with Crippen LogP contribution in [0.2, 0.25) is 0 Å². The Balaban J connectivity index is 1.90. The van der Waals surface area contributed by atoms with Crippen LogP contribution in [-0.4, -0.2) is 11.0 Å². The smallest absolute Gasteiger partial charge is 0.123 e. The van der Waals surface area contributed by atoms with E-state index in [2.05, 4.69) is 4.98 Å². The highest BCUT2D eigenvalue weighted by molar-refractivity contribution is 7.15. The average molecular weight is 262 g/mol. The van der Waals surface area contributed by atoms with Crippen molar-refractivity contribution in [3.8, 4) is 10.6 Å². The third-order valence-electron chi connectivity index (χ3n) is 3.47. The lowest BCUT2D eigenvalue weighted by atomic mass is 9.79. The molecule has 1 fully saturated rings. The van der Waals surface area contributed by atoms with Crippen molar-refractivity contribution in [1.29, 1.82) is 0 Å². The first kappa shape index (κ1) is 11.8. The Morgan fingerprint density at radius 3 is 2.56 bits per heavy atom. The normalized spacial score (nSPS) is 22.8. The van der Waals surface area contributed by atoms with E-state index in [1.807, 2.05) is 6.92 Å². The van der Waals surface area contributed by atoms with E-state index < -0.39 is 0 Å². The van der Waals surface area contributed by atoms with E-state index >= 15 is 0 Å². The maximum Gasteiger partial charge on any atom is 0.123 e. The van der Waals surface area contributed by atoms with E-state index in [4.69, 9.17) is 5.73 Å². The van der Waals surface area contributed by atoms with Crippen LogP contribution in [0, 0.1) is 12.7 Å². The number of hydrogen-bond acceptors (Lipinski definition) is 3. The lowest BCUT2D eigenvalue weighted by molar-refractivity contribution is 0.354. The number of aryl methyl sites for hydroxylation is 1. The van der Waals surface area contributed by atoms with Crippen LogP contribution in [0.5, 0.6) is 0 Å². The molecule has 4 heteroatoms. The van der Waals surface area contributed by atoms with Crippen LogP contribution >= 0.6 is 11.3 Å². The number of nitrogens with zero attached hydrogens (tertiary/aromatic N) is 1. The lowest BCUT2D eigenvalue weighted by Crippen LogP contribution is -2.34. The van der Waals surface area contributed by atoms with Crippen molar-refractivity contribution < 1.29 is 4.39 Å². The fourth-order valence-corrected chi connectivity index (χ4v) is 3.58. The van der Waals surface area contributed by atoms with Gasteiger partial charge in [-0.3, -0.25) is 0 Å². The third kappa shape index (κ3) is 2.06. The molecule has 1 aliphatic carbocycles. The zero-order valence-electron chi connectivity index (χ0n) is 10.2. The number of nitrogens with two attached hydrogens (primary N) is 1. The maximum absolute atomic E-state index is 12.9. The average Bonchev–Trinajstić information content (AvgIpc) is 2.68. The van der Waals surface area contributed by atoms with Gasteiger partial charge in [0.2, 0.25) is 0 Å². The first-order valence-electron chi connectivity index (χ1n) is 6.12. The molecule has 3 rings (SSSR count). The Morgan fingerprint density at radius 2 is 1.94 bits per heavy atom. The summed E-state index contributed by atoms with van der Waals surface area (Å²) in [6.45, 7) is 2.04. The van der Waals surface area contributed by atoms with Gasteiger partial charge in [0.15, 0.2) is 0 Å². The summed E-state index contributed by atoms with van der Waals surface area (Å²) in [5.41, 5.74) is 7.91. The zero-order chi connectivity index (χ0) is 12.7. The predicted molar refractivity (Wildman–Crippen MR) is 72.2 cm³/mol. The van der Waals surface area contributed by atoms with Crippen LogP contribution in [0.1, 0.15) is 29.3 Å². The Morgan fingerprint density at radius 1 is 1.28 bits per heavy atom. The maximum atomic E-state index is 12.9. The number of aromatic nitrogens is 1. The molecule has 0 amide bonds. The molecule has 2 N–H and O–H groups in total. The summed E-state index contributed by atoms with van der Waals surface area (Å²) in [5, 5.41) is 0.975. The van der Waals surface area contributed by atoms with Gasteiger partial charge in [-0.25, -0.2) is 9.37 Å². The molecular formula is C14H15FN2S. The van der Waals surface area contributed by atoms with Crippen LogP contribution in [0.25, 0.3) is 10.6 Å². The Bertz CT molecular complexity index is 556. The summed E-state index contributed by atoms with van der Waals surface area (Å²) in [6, 6.07) is 6.87. The van der Waals surface area contributed by atoms with Crippen molar-refractivity contribution in [2.75, 3.05) is 0 Å². The fraction of sp³-hybridized carbons (Fsp3) is 0.357. The SMILES string of the molecule is Cc1nc(-c2ccc(F)cc2)sc1C1CC(N)C1. The second kappa shape index (κ2) is 4.44. The first-order valence-corrected chi connectivity index (χ1v) is 6.94. The summed E-state index contributed by atoms with van der Waals surface area (Å²) in [5.74, 6) is 0.365. The molecule has 2 aromatic rings. The minimum Gasteiger partial charge on any atom is -0.328 e. The van der Waals surface area contributed by atoms with Crippen LogP contribution < -0.4 is 5.73 Å². The van der Waals surface area contributed by atoms with Gasteiger partial charge in [-0.1, -0.05) is 0 Å². The highest BCUT2D eigenvalue weighted by atomic mass is 32.1. The molecule has 1 saturated carbocycles. The van der Waals surface area contributed by atoms with E-state index in [-0.39, 0.29) is 5.82 Å². The highest BCUT2D eigenvalue weighted by Crippen LogP contribution is 2.42. The van der Waals surface area contributed by atoms with Gasteiger partial charge in [-0.2, -0.15) is 0 Å². The molecule has 0 unspecified atom stereocenters. The molecule has 1 aromatic heterocycles. The molecule has 0 spiro atoms. The largest absolute Gasteiger partial charge is 0.328 e. The summed E-state index contributed by atoms with van der Waals surface area (Å²) >= 11 is 1.72. The second-order valence-corrected chi connectivity index (χ2v) is 5.93. The Kier molecular flexibility index (Phi) is 2.92. The molecule has 0 atom stereocenters. The van der Waals surface area contributed by atoms with E-state index in [0.29, 0.717) is 12.0 Å².